The van der Waals surface area contributed by atoms with Gasteiger partial charge in [0, 0.05) is 33.3 Å². The van der Waals surface area contributed by atoms with E-state index in [0.29, 0.717) is 0 Å². The second kappa shape index (κ2) is 8.16. The van der Waals surface area contributed by atoms with Crippen molar-refractivity contribution < 1.29 is 4.74 Å². The van der Waals surface area contributed by atoms with Crippen LogP contribution in [-0.4, -0.2) is 39.1 Å². The molecule has 0 saturated heterocycles. The van der Waals surface area contributed by atoms with Crippen LogP contribution in [-0.2, 0) is 6.54 Å². The van der Waals surface area contributed by atoms with E-state index >= 15 is 0 Å². The van der Waals surface area contributed by atoms with Gasteiger partial charge in [0.25, 0.3) is 0 Å². The summed E-state index contributed by atoms with van der Waals surface area (Å²) < 4.78 is 5.31. The van der Waals surface area contributed by atoms with Gasteiger partial charge < -0.3 is 15.0 Å². The van der Waals surface area contributed by atoms with Crippen molar-refractivity contribution in [1.82, 2.24) is 10.2 Å². The van der Waals surface area contributed by atoms with Gasteiger partial charge in [-0.15, -0.1) is 24.0 Å². The van der Waals surface area contributed by atoms with E-state index in [1.54, 1.807) is 14.2 Å². The maximum atomic E-state index is 5.31. The fraction of sp³-hybridized carbons (Fsp3) is 0.417. The molecule has 0 unspecified atom stereocenters. The summed E-state index contributed by atoms with van der Waals surface area (Å²) in [5.41, 5.74) is 1.14. The highest BCUT2D eigenvalue weighted by Gasteiger charge is 2.07. The molecule has 0 spiro atoms. The molecule has 4 nitrogen and oxygen atoms in total. The van der Waals surface area contributed by atoms with Gasteiger partial charge >= 0.3 is 0 Å². The van der Waals surface area contributed by atoms with Gasteiger partial charge in [0.05, 0.1) is 7.11 Å². The molecule has 0 amide bonds. The summed E-state index contributed by atoms with van der Waals surface area (Å²) in [4.78, 5) is 6.19. The first-order chi connectivity index (χ1) is 7.72. The van der Waals surface area contributed by atoms with Crippen molar-refractivity contribution in [2.24, 2.45) is 4.99 Å². The fourth-order valence-electron chi connectivity index (χ4n) is 1.64. The third kappa shape index (κ3) is 4.41. The van der Waals surface area contributed by atoms with E-state index in [1.807, 2.05) is 37.2 Å². The Morgan fingerprint density at radius 3 is 2.59 bits per heavy atom. The number of para-hydroxylation sites is 1. The quantitative estimate of drug-likeness (QED) is 0.515. The molecule has 0 aliphatic carbocycles. The Bertz CT molecular complexity index is 369. The first-order valence-corrected chi connectivity index (χ1v) is 5.20. The van der Waals surface area contributed by atoms with Gasteiger partial charge in [-0.2, -0.15) is 0 Å². The SMILES string of the molecule is CN=C(NC)N(C)Cc1ccccc1OC.I. The molecule has 1 rings (SSSR count). The summed E-state index contributed by atoms with van der Waals surface area (Å²) in [6.07, 6.45) is 0. The zero-order valence-electron chi connectivity index (χ0n) is 10.7. The predicted octanol–water partition coefficient (Wildman–Crippen LogP) is 1.95. The van der Waals surface area contributed by atoms with Crippen LogP contribution in [0.3, 0.4) is 0 Å². The second-order valence-electron chi connectivity index (χ2n) is 3.47. The van der Waals surface area contributed by atoms with Gasteiger partial charge in [0.15, 0.2) is 5.96 Å². The van der Waals surface area contributed by atoms with Crippen LogP contribution in [0.2, 0.25) is 0 Å². The minimum atomic E-state index is 0. The van der Waals surface area contributed by atoms with Gasteiger partial charge in [0.2, 0.25) is 0 Å². The van der Waals surface area contributed by atoms with Crippen molar-refractivity contribution in [3.8, 4) is 5.75 Å². The summed E-state index contributed by atoms with van der Waals surface area (Å²) in [6, 6.07) is 7.99. The Morgan fingerprint density at radius 2 is 2.06 bits per heavy atom. The number of hydrogen-bond donors (Lipinski definition) is 1. The van der Waals surface area contributed by atoms with E-state index in [1.165, 1.54) is 0 Å². The lowest BCUT2D eigenvalue weighted by atomic mass is 10.2. The Hall–Kier alpha value is -0.980. The molecule has 5 heteroatoms. The van der Waals surface area contributed by atoms with E-state index in [9.17, 15) is 0 Å². The van der Waals surface area contributed by atoms with Crippen molar-refractivity contribution >= 4 is 29.9 Å². The molecule has 96 valence electrons. The highest BCUT2D eigenvalue weighted by atomic mass is 127. The monoisotopic (exact) mass is 349 g/mol. The van der Waals surface area contributed by atoms with Gasteiger partial charge in [-0.05, 0) is 6.07 Å². The summed E-state index contributed by atoms with van der Waals surface area (Å²) in [5, 5.41) is 3.04. The van der Waals surface area contributed by atoms with Crippen LogP contribution in [0.25, 0.3) is 0 Å². The topological polar surface area (TPSA) is 36.9 Å². The second-order valence-corrected chi connectivity index (χ2v) is 3.47. The maximum Gasteiger partial charge on any atom is 0.193 e. The third-order valence-corrected chi connectivity index (χ3v) is 2.40. The van der Waals surface area contributed by atoms with Crippen molar-refractivity contribution in [3.63, 3.8) is 0 Å². The van der Waals surface area contributed by atoms with Crippen LogP contribution < -0.4 is 10.1 Å². The lowest BCUT2D eigenvalue weighted by Crippen LogP contribution is -2.36. The molecule has 0 fully saturated rings. The molecule has 0 heterocycles. The number of rotatable bonds is 3. The standard InChI is InChI=1S/C12H19N3O.HI/c1-13-12(14-2)15(3)9-10-7-5-6-8-11(10)16-4;/h5-8H,9H2,1-4H3,(H,13,14);1H. The maximum absolute atomic E-state index is 5.31. The molecule has 17 heavy (non-hydrogen) atoms. The number of aliphatic imine (C=N–C) groups is 1. The predicted molar refractivity (Wildman–Crippen MR) is 82.3 cm³/mol. The van der Waals surface area contributed by atoms with Crippen molar-refractivity contribution in [1.29, 1.82) is 0 Å². The molecule has 0 radical (unpaired) electrons. The molecule has 0 bridgehead atoms. The fourth-order valence-corrected chi connectivity index (χ4v) is 1.64. The molecule has 0 aliphatic rings. The van der Waals surface area contributed by atoms with Crippen LogP contribution in [0, 0.1) is 0 Å². The summed E-state index contributed by atoms with van der Waals surface area (Å²) in [7, 11) is 7.31. The number of ether oxygens (including phenoxy) is 1. The number of benzene rings is 1. The minimum Gasteiger partial charge on any atom is -0.496 e. The number of nitrogens with one attached hydrogen (secondary N) is 1. The molecule has 1 aromatic rings. The van der Waals surface area contributed by atoms with Crippen LogP contribution >= 0.6 is 24.0 Å². The Kier molecular flexibility index (Phi) is 7.69. The van der Waals surface area contributed by atoms with Crippen LogP contribution in [0.5, 0.6) is 5.75 Å². The van der Waals surface area contributed by atoms with E-state index < -0.39 is 0 Å². The lowest BCUT2D eigenvalue weighted by Gasteiger charge is -2.21. The highest BCUT2D eigenvalue weighted by Crippen LogP contribution is 2.18. The molecule has 0 saturated carbocycles. The smallest absolute Gasteiger partial charge is 0.193 e. The number of methoxy groups -OCH3 is 1. The first-order valence-electron chi connectivity index (χ1n) is 5.20. The van der Waals surface area contributed by atoms with E-state index in [0.717, 1.165) is 23.8 Å². The van der Waals surface area contributed by atoms with Crippen LogP contribution in [0.1, 0.15) is 5.56 Å². The average Bonchev–Trinajstić information content (AvgIpc) is 2.31. The molecule has 1 aromatic carbocycles. The molecule has 0 atom stereocenters. The average molecular weight is 349 g/mol. The van der Waals surface area contributed by atoms with Gasteiger partial charge in [-0.3, -0.25) is 4.99 Å². The van der Waals surface area contributed by atoms with Crippen molar-refractivity contribution in [3.05, 3.63) is 29.8 Å². The van der Waals surface area contributed by atoms with Gasteiger partial charge in [-0.1, -0.05) is 18.2 Å². The number of guanidine groups is 1. The first kappa shape index (κ1) is 16.0. The molecule has 0 aliphatic heterocycles. The third-order valence-electron chi connectivity index (χ3n) is 2.40. The normalized spacial score (nSPS) is 10.5. The minimum absolute atomic E-state index is 0. The van der Waals surface area contributed by atoms with Gasteiger partial charge in [0.1, 0.15) is 5.75 Å². The highest BCUT2D eigenvalue weighted by molar-refractivity contribution is 14.0. The summed E-state index contributed by atoms with van der Waals surface area (Å²) in [5.74, 6) is 1.76. The Labute approximate surface area is 120 Å². The number of hydrogen-bond acceptors (Lipinski definition) is 2. The van der Waals surface area contributed by atoms with E-state index in [2.05, 4.69) is 16.4 Å². The zero-order valence-corrected chi connectivity index (χ0v) is 13.1. The summed E-state index contributed by atoms with van der Waals surface area (Å²) in [6.45, 7) is 0.761. The van der Waals surface area contributed by atoms with E-state index in [-0.39, 0.29) is 24.0 Å². The zero-order chi connectivity index (χ0) is 12.0. The van der Waals surface area contributed by atoms with E-state index in [4.69, 9.17) is 4.74 Å². The van der Waals surface area contributed by atoms with Crippen LogP contribution in [0.15, 0.2) is 29.3 Å². The molecular formula is C12H20IN3O. The van der Waals surface area contributed by atoms with Crippen LogP contribution in [0.4, 0.5) is 0 Å². The summed E-state index contributed by atoms with van der Waals surface area (Å²) >= 11 is 0. The van der Waals surface area contributed by atoms with Crippen molar-refractivity contribution in [2.45, 2.75) is 6.54 Å². The molecular weight excluding hydrogens is 329 g/mol. The lowest BCUT2D eigenvalue weighted by molar-refractivity contribution is 0.396. The molecule has 0 aromatic heterocycles. The number of nitrogens with zero attached hydrogens (tertiary/aromatic N) is 2. The molecule has 1 N–H and O–H groups in total. The number of halogens is 1. The Morgan fingerprint density at radius 1 is 1.41 bits per heavy atom. The Balaban J connectivity index is 0.00000256. The van der Waals surface area contributed by atoms with Gasteiger partial charge in [-0.25, -0.2) is 0 Å². The van der Waals surface area contributed by atoms with Crippen molar-refractivity contribution in [2.75, 3.05) is 28.3 Å². The largest absolute Gasteiger partial charge is 0.496 e.